The zero-order chi connectivity index (χ0) is 22.8. The number of halogens is 1. The number of nitrogens with zero attached hydrogens (tertiary/aromatic N) is 4. The number of rotatable bonds is 6. The first-order chi connectivity index (χ1) is 16.1. The molecule has 0 aliphatic heterocycles. The molecule has 2 heterocycles. The Morgan fingerprint density at radius 1 is 1.09 bits per heavy atom. The number of imidazole rings is 1. The third-order valence-corrected chi connectivity index (χ3v) is 7.45. The highest BCUT2D eigenvalue weighted by Gasteiger charge is 2.23. The van der Waals surface area contributed by atoms with Crippen LogP contribution in [0.1, 0.15) is 36.8 Å². The Morgan fingerprint density at radius 2 is 1.85 bits per heavy atom. The van der Waals surface area contributed by atoms with Gasteiger partial charge >= 0.3 is 0 Å². The van der Waals surface area contributed by atoms with Crippen molar-refractivity contribution in [3.8, 4) is 5.69 Å². The number of thiazole rings is 1. The van der Waals surface area contributed by atoms with Gasteiger partial charge in [-0.25, -0.2) is 14.4 Å². The second-order valence-corrected chi connectivity index (χ2v) is 9.66. The number of hydrogen-bond donors (Lipinski definition) is 0. The number of benzene rings is 2. The lowest BCUT2D eigenvalue weighted by atomic mass is 10.0. The highest BCUT2D eigenvalue weighted by Crippen LogP contribution is 2.35. The van der Waals surface area contributed by atoms with Crippen LogP contribution in [0.2, 0.25) is 0 Å². The summed E-state index contributed by atoms with van der Waals surface area (Å²) in [5, 5.41) is 3.35. The first-order valence-corrected chi connectivity index (χ1v) is 12.8. The molecule has 0 N–H and O–H groups in total. The van der Waals surface area contributed by atoms with Gasteiger partial charge in [-0.15, -0.1) is 11.3 Å². The Hall–Kier alpha value is -2.97. The van der Waals surface area contributed by atoms with Gasteiger partial charge in [-0.2, -0.15) is 0 Å². The van der Waals surface area contributed by atoms with Crippen LogP contribution in [0.4, 0.5) is 15.2 Å². The minimum atomic E-state index is -0.450. The van der Waals surface area contributed by atoms with E-state index >= 15 is 0 Å². The van der Waals surface area contributed by atoms with Crippen LogP contribution in [0.15, 0.2) is 65.1 Å². The zero-order valence-corrected chi connectivity index (χ0v) is 19.8. The third kappa shape index (κ3) is 4.45. The summed E-state index contributed by atoms with van der Waals surface area (Å²) >= 11 is 2.98. The average Bonchev–Trinajstić information content (AvgIpc) is 3.44. The molecule has 0 atom stereocenters. The predicted octanol–water partition coefficient (Wildman–Crippen LogP) is 6.32. The summed E-state index contributed by atoms with van der Waals surface area (Å²) in [7, 11) is 0. The number of aryl methyl sites for hydroxylation is 1. The van der Waals surface area contributed by atoms with Gasteiger partial charge in [0.15, 0.2) is 10.3 Å². The van der Waals surface area contributed by atoms with Crippen molar-refractivity contribution >= 4 is 39.8 Å². The number of para-hydroxylation sites is 2. The summed E-state index contributed by atoms with van der Waals surface area (Å²) < 4.78 is 16.6. The van der Waals surface area contributed by atoms with Gasteiger partial charge in [-0.1, -0.05) is 42.1 Å². The second-order valence-electron chi connectivity index (χ2n) is 7.88. The second kappa shape index (κ2) is 9.49. The minimum absolute atomic E-state index is 0.214. The van der Waals surface area contributed by atoms with Crippen molar-refractivity contribution in [1.82, 2.24) is 14.5 Å². The molecule has 2 aromatic carbocycles. The molecule has 1 amide bonds. The standard InChI is InChI=1S/C25H23FN4OS2/c1-17(31)29(22-13-7-5-11-20(22)26)24-27-18(15-32-24)16-33-25-28-21-12-6-8-14-23(21)30(25)19-9-3-2-4-10-19/h2-5,7,9-11,13,15H,6,8,12,14,16H2,1H3. The third-order valence-electron chi connectivity index (χ3n) is 5.60. The molecule has 1 aliphatic carbocycles. The van der Waals surface area contributed by atoms with Crippen LogP contribution in [0, 0.1) is 5.82 Å². The summed E-state index contributed by atoms with van der Waals surface area (Å²) in [5.41, 5.74) is 4.66. The van der Waals surface area contributed by atoms with Gasteiger partial charge in [0, 0.05) is 29.4 Å². The molecule has 5 nitrogen and oxygen atoms in total. The highest BCUT2D eigenvalue weighted by molar-refractivity contribution is 7.98. The molecule has 5 rings (SSSR count). The molecule has 0 fully saturated rings. The number of anilines is 2. The molecule has 2 aromatic heterocycles. The summed E-state index contributed by atoms with van der Waals surface area (Å²) in [4.78, 5) is 23.2. The van der Waals surface area contributed by atoms with E-state index in [1.54, 1.807) is 30.0 Å². The normalized spacial score (nSPS) is 13.0. The van der Waals surface area contributed by atoms with Crippen LogP contribution in [0.25, 0.3) is 5.69 Å². The van der Waals surface area contributed by atoms with Gasteiger partial charge in [0.05, 0.1) is 17.1 Å². The van der Waals surface area contributed by atoms with E-state index in [1.165, 1.54) is 53.5 Å². The van der Waals surface area contributed by atoms with E-state index in [9.17, 15) is 9.18 Å². The Morgan fingerprint density at radius 3 is 2.64 bits per heavy atom. The monoisotopic (exact) mass is 478 g/mol. The molecule has 0 radical (unpaired) electrons. The lowest BCUT2D eigenvalue weighted by Gasteiger charge is -2.18. The Balaban J connectivity index is 1.41. The quantitative estimate of drug-likeness (QED) is 0.304. The predicted molar refractivity (Wildman–Crippen MR) is 131 cm³/mol. The fraction of sp³-hybridized carbons (Fsp3) is 0.240. The van der Waals surface area contributed by atoms with E-state index in [1.807, 2.05) is 23.6 Å². The number of aromatic nitrogens is 3. The maximum atomic E-state index is 14.3. The number of carbonyl (C=O) groups is 1. The van der Waals surface area contributed by atoms with E-state index in [-0.39, 0.29) is 11.6 Å². The molecule has 8 heteroatoms. The van der Waals surface area contributed by atoms with E-state index in [0.717, 1.165) is 29.4 Å². The van der Waals surface area contributed by atoms with Crippen molar-refractivity contribution in [2.75, 3.05) is 4.90 Å². The summed E-state index contributed by atoms with van der Waals surface area (Å²) in [5.74, 6) is -0.113. The molecule has 0 unspecified atom stereocenters. The van der Waals surface area contributed by atoms with Crippen LogP contribution >= 0.6 is 23.1 Å². The number of thioether (sulfide) groups is 1. The summed E-state index contributed by atoms with van der Waals surface area (Å²) in [6.45, 7) is 1.42. The van der Waals surface area contributed by atoms with Crippen molar-refractivity contribution in [2.45, 2.75) is 43.5 Å². The van der Waals surface area contributed by atoms with Crippen molar-refractivity contribution in [3.63, 3.8) is 0 Å². The van der Waals surface area contributed by atoms with Crippen molar-refractivity contribution in [1.29, 1.82) is 0 Å². The molecule has 168 valence electrons. The molecule has 0 saturated heterocycles. The van der Waals surface area contributed by atoms with Gasteiger partial charge in [0.1, 0.15) is 5.82 Å². The first kappa shape index (κ1) is 21.9. The topological polar surface area (TPSA) is 51.0 Å². The molecular formula is C25H23FN4OS2. The maximum Gasteiger partial charge on any atom is 0.230 e. The average molecular weight is 479 g/mol. The molecule has 0 saturated carbocycles. The van der Waals surface area contributed by atoms with Crippen molar-refractivity contribution in [2.24, 2.45) is 0 Å². The van der Waals surface area contributed by atoms with Gasteiger partial charge < -0.3 is 0 Å². The van der Waals surface area contributed by atoms with Crippen LogP contribution in [-0.2, 0) is 23.4 Å². The van der Waals surface area contributed by atoms with Gasteiger partial charge in [0.2, 0.25) is 5.91 Å². The largest absolute Gasteiger partial charge is 0.292 e. The van der Waals surface area contributed by atoms with Crippen molar-refractivity contribution in [3.05, 3.63) is 82.9 Å². The van der Waals surface area contributed by atoms with Gasteiger partial charge in [-0.05, 0) is 49.9 Å². The molecule has 4 aromatic rings. The van der Waals surface area contributed by atoms with E-state index in [0.29, 0.717) is 10.9 Å². The molecule has 1 aliphatic rings. The SMILES string of the molecule is CC(=O)N(c1nc(CSc2nc3c(n2-c2ccccc2)CCCC3)cs1)c1ccccc1F. The van der Waals surface area contributed by atoms with Gasteiger partial charge in [-0.3, -0.25) is 14.3 Å². The van der Waals surface area contributed by atoms with Crippen LogP contribution < -0.4 is 4.90 Å². The van der Waals surface area contributed by atoms with Crippen LogP contribution in [0.3, 0.4) is 0 Å². The van der Waals surface area contributed by atoms with Crippen LogP contribution in [-0.4, -0.2) is 20.4 Å². The molecule has 0 spiro atoms. The maximum absolute atomic E-state index is 14.3. The molecule has 33 heavy (non-hydrogen) atoms. The molecular weight excluding hydrogens is 455 g/mol. The van der Waals surface area contributed by atoms with Crippen molar-refractivity contribution < 1.29 is 9.18 Å². The first-order valence-electron chi connectivity index (χ1n) is 10.9. The van der Waals surface area contributed by atoms with E-state index < -0.39 is 5.82 Å². The Labute approximate surface area is 200 Å². The van der Waals surface area contributed by atoms with E-state index in [4.69, 9.17) is 4.98 Å². The number of fused-ring (bicyclic) bond motifs is 1. The molecule has 0 bridgehead atoms. The summed E-state index contributed by atoms with van der Waals surface area (Å²) in [6, 6.07) is 16.6. The zero-order valence-electron chi connectivity index (χ0n) is 18.2. The van der Waals surface area contributed by atoms with Crippen LogP contribution in [0.5, 0.6) is 0 Å². The van der Waals surface area contributed by atoms with E-state index in [2.05, 4.69) is 21.7 Å². The fourth-order valence-corrected chi connectivity index (χ4v) is 6.03. The summed E-state index contributed by atoms with van der Waals surface area (Å²) in [6.07, 6.45) is 4.41. The number of amides is 1. The lowest BCUT2D eigenvalue weighted by Crippen LogP contribution is -2.23. The Bertz CT molecular complexity index is 1280. The highest BCUT2D eigenvalue weighted by atomic mass is 32.2. The lowest BCUT2D eigenvalue weighted by molar-refractivity contribution is -0.115. The number of hydrogen-bond acceptors (Lipinski definition) is 5. The van der Waals surface area contributed by atoms with Gasteiger partial charge in [0.25, 0.3) is 0 Å². The number of carbonyl (C=O) groups excluding carboxylic acids is 1. The smallest absolute Gasteiger partial charge is 0.230 e. The minimum Gasteiger partial charge on any atom is -0.292 e. The Kier molecular flexibility index (Phi) is 6.28. The fourth-order valence-electron chi connectivity index (χ4n) is 4.10.